The lowest BCUT2D eigenvalue weighted by atomic mass is 10.5. The van der Waals surface area contributed by atoms with Crippen molar-refractivity contribution >= 4 is 5.91 Å². The van der Waals surface area contributed by atoms with E-state index in [1.165, 1.54) is 11.8 Å². The van der Waals surface area contributed by atoms with Crippen molar-refractivity contribution < 1.29 is 4.79 Å². The van der Waals surface area contributed by atoms with E-state index in [0.717, 1.165) is 0 Å². The highest BCUT2D eigenvalue weighted by molar-refractivity contribution is 5.73. The average molecular weight is 112 g/mol. The van der Waals surface area contributed by atoms with E-state index in [0.29, 0.717) is 0 Å². The summed E-state index contributed by atoms with van der Waals surface area (Å²) in [5.41, 5.74) is 0. The van der Waals surface area contributed by atoms with Crippen LogP contribution in [-0.4, -0.2) is 24.4 Å². The van der Waals surface area contributed by atoms with Crippen molar-refractivity contribution in [3.05, 3.63) is 0 Å². The third kappa shape index (κ3) is 2.19. The zero-order valence-corrected chi connectivity index (χ0v) is 5.01. The van der Waals surface area contributed by atoms with Gasteiger partial charge in [-0.2, -0.15) is 5.26 Å². The summed E-state index contributed by atoms with van der Waals surface area (Å²) < 4.78 is 0. The van der Waals surface area contributed by atoms with Gasteiger partial charge in [0.25, 0.3) is 0 Å². The van der Waals surface area contributed by atoms with Crippen LogP contribution in [0.4, 0.5) is 0 Å². The number of rotatable bonds is 1. The van der Waals surface area contributed by atoms with Crippen molar-refractivity contribution in [1.29, 1.82) is 5.26 Å². The van der Waals surface area contributed by atoms with E-state index in [2.05, 4.69) is 0 Å². The summed E-state index contributed by atoms with van der Waals surface area (Å²) in [7, 11) is 1.59. The Morgan fingerprint density at radius 1 is 1.88 bits per heavy atom. The number of nitriles is 1. The molecule has 0 heterocycles. The van der Waals surface area contributed by atoms with Crippen molar-refractivity contribution in [2.24, 2.45) is 0 Å². The van der Waals surface area contributed by atoms with Gasteiger partial charge in [-0.3, -0.25) is 4.79 Å². The van der Waals surface area contributed by atoms with Gasteiger partial charge in [-0.05, 0) is 0 Å². The standard InChI is InChI=1S/C5H8N2O/c1-5(8)7(2)4-3-6/h4H2,1-2H3. The first-order valence-corrected chi connectivity index (χ1v) is 2.27. The Balaban J connectivity index is 3.52. The van der Waals surface area contributed by atoms with Crippen molar-refractivity contribution in [3.8, 4) is 6.07 Å². The molecule has 3 nitrogen and oxygen atoms in total. The van der Waals surface area contributed by atoms with Crippen LogP contribution >= 0.6 is 0 Å². The molecule has 0 spiro atoms. The number of carbonyl (C=O) groups excluding carboxylic acids is 1. The highest BCUT2D eigenvalue weighted by Gasteiger charge is 1.96. The quantitative estimate of drug-likeness (QED) is 0.448. The van der Waals surface area contributed by atoms with Crippen LogP contribution in [0.5, 0.6) is 0 Å². The zero-order chi connectivity index (χ0) is 6.57. The van der Waals surface area contributed by atoms with E-state index in [-0.39, 0.29) is 12.5 Å². The largest absolute Gasteiger partial charge is 0.333 e. The second-order valence-electron chi connectivity index (χ2n) is 1.53. The first-order chi connectivity index (χ1) is 3.68. The molecule has 0 aromatic rings. The van der Waals surface area contributed by atoms with Crippen LogP contribution in [0.15, 0.2) is 0 Å². The summed E-state index contributed by atoms with van der Waals surface area (Å²) in [6, 6.07) is 1.85. The number of hydrogen-bond acceptors (Lipinski definition) is 2. The van der Waals surface area contributed by atoms with Crippen molar-refractivity contribution in [2.45, 2.75) is 6.92 Å². The molecule has 0 aliphatic carbocycles. The van der Waals surface area contributed by atoms with Crippen LogP contribution < -0.4 is 0 Å². The molecular weight excluding hydrogens is 104 g/mol. The third-order valence-corrected chi connectivity index (χ3v) is 0.845. The highest BCUT2D eigenvalue weighted by atomic mass is 16.2. The molecular formula is C5H8N2O. The number of nitrogens with zero attached hydrogens (tertiary/aromatic N) is 2. The van der Waals surface area contributed by atoms with Gasteiger partial charge in [-0.1, -0.05) is 0 Å². The Morgan fingerprint density at radius 3 is 2.50 bits per heavy atom. The minimum atomic E-state index is -0.0773. The van der Waals surface area contributed by atoms with E-state index in [9.17, 15) is 4.79 Å². The van der Waals surface area contributed by atoms with Gasteiger partial charge in [0.15, 0.2) is 0 Å². The van der Waals surface area contributed by atoms with Gasteiger partial charge in [0.2, 0.25) is 5.91 Å². The summed E-state index contributed by atoms with van der Waals surface area (Å²) in [6.07, 6.45) is 0. The third-order valence-electron chi connectivity index (χ3n) is 0.845. The molecule has 1 amide bonds. The molecule has 0 aliphatic rings. The Kier molecular flexibility index (Phi) is 2.63. The maximum absolute atomic E-state index is 10.3. The van der Waals surface area contributed by atoms with Gasteiger partial charge in [-0.25, -0.2) is 0 Å². The zero-order valence-electron chi connectivity index (χ0n) is 5.01. The summed E-state index contributed by atoms with van der Waals surface area (Å²) in [5.74, 6) is -0.0773. The summed E-state index contributed by atoms with van der Waals surface area (Å²) in [6.45, 7) is 1.60. The summed E-state index contributed by atoms with van der Waals surface area (Å²) in [5, 5.41) is 8.04. The van der Waals surface area contributed by atoms with E-state index in [1.54, 1.807) is 7.05 Å². The SMILES string of the molecule is CC(=O)N(C)CC#N. The Hall–Kier alpha value is -1.04. The summed E-state index contributed by atoms with van der Waals surface area (Å²) in [4.78, 5) is 11.7. The molecule has 0 radical (unpaired) electrons. The van der Waals surface area contributed by atoms with Gasteiger partial charge in [0, 0.05) is 14.0 Å². The van der Waals surface area contributed by atoms with Crippen LogP contribution in [0.3, 0.4) is 0 Å². The van der Waals surface area contributed by atoms with Crippen LogP contribution in [0.2, 0.25) is 0 Å². The van der Waals surface area contributed by atoms with Gasteiger partial charge in [0.05, 0.1) is 6.07 Å². The molecule has 0 N–H and O–H groups in total. The molecule has 0 bridgehead atoms. The van der Waals surface area contributed by atoms with Gasteiger partial charge in [0.1, 0.15) is 6.54 Å². The maximum Gasteiger partial charge on any atom is 0.220 e. The fraction of sp³-hybridized carbons (Fsp3) is 0.600. The van der Waals surface area contributed by atoms with E-state index in [4.69, 9.17) is 5.26 Å². The first kappa shape index (κ1) is 6.96. The number of amides is 1. The minimum Gasteiger partial charge on any atom is -0.333 e. The van der Waals surface area contributed by atoms with Crippen LogP contribution in [0, 0.1) is 11.3 Å². The van der Waals surface area contributed by atoms with Crippen molar-refractivity contribution in [2.75, 3.05) is 13.6 Å². The van der Waals surface area contributed by atoms with Gasteiger partial charge >= 0.3 is 0 Å². The van der Waals surface area contributed by atoms with Gasteiger partial charge < -0.3 is 4.90 Å². The minimum absolute atomic E-state index is 0.0773. The molecule has 0 fully saturated rings. The van der Waals surface area contributed by atoms with E-state index >= 15 is 0 Å². The maximum atomic E-state index is 10.3. The van der Waals surface area contributed by atoms with Crippen molar-refractivity contribution in [1.82, 2.24) is 4.90 Å². The molecule has 0 saturated heterocycles. The Bertz CT molecular complexity index is 125. The lowest BCUT2D eigenvalue weighted by Crippen LogP contribution is -2.23. The molecule has 3 heteroatoms. The predicted octanol–water partition coefficient (Wildman–Crippen LogP) is -0.0117. The second kappa shape index (κ2) is 3.03. The van der Waals surface area contributed by atoms with Crippen LogP contribution in [0.1, 0.15) is 6.92 Å². The van der Waals surface area contributed by atoms with E-state index < -0.39 is 0 Å². The molecule has 0 saturated carbocycles. The second-order valence-corrected chi connectivity index (χ2v) is 1.53. The Labute approximate surface area is 48.5 Å². The number of carbonyl (C=O) groups is 1. The highest BCUT2D eigenvalue weighted by Crippen LogP contribution is 1.78. The fourth-order valence-electron chi connectivity index (χ4n) is 0.217. The molecule has 0 rings (SSSR count). The molecule has 44 valence electrons. The van der Waals surface area contributed by atoms with Crippen molar-refractivity contribution in [3.63, 3.8) is 0 Å². The van der Waals surface area contributed by atoms with Gasteiger partial charge in [-0.15, -0.1) is 0 Å². The number of hydrogen-bond donors (Lipinski definition) is 0. The molecule has 0 aliphatic heterocycles. The predicted molar refractivity (Wildman–Crippen MR) is 28.9 cm³/mol. The van der Waals surface area contributed by atoms with Crippen LogP contribution in [-0.2, 0) is 4.79 Å². The lowest BCUT2D eigenvalue weighted by molar-refractivity contribution is -0.126. The van der Waals surface area contributed by atoms with Crippen LogP contribution in [0.25, 0.3) is 0 Å². The Morgan fingerprint density at radius 2 is 2.38 bits per heavy atom. The van der Waals surface area contributed by atoms with E-state index in [1.807, 2.05) is 6.07 Å². The topological polar surface area (TPSA) is 44.1 Å². The monoisotopic (exact) mass is 112 g/mol. The molecule has 0 aromatic heterocycles. The molecule has 0 aromatic carbocycles. The lowest BCUT2D eigenvalue weighted by Gasteiger charge is -2.07. The molecule has 0 unspecified atom stereocenters. The average Bonchev–Trinajstić information content (AvgIpc) is 1.67. The summed E-state index contributed by atoms with van der Waals surface area (Å²) >= 11 is 0. The smallest absolute Gasteiger partial charge is 0.220 e. The molecule has 8 heavy (non-hydrogen) atoms. The fourth-order valence-corrected chi connectivity index (χ4v) is 0.217. The first-order valence-electron chi connectivity index (χ1n) is 2.27. The normalized spacial score (nSPS) is 7.62. The molecule has 0 atom stereocenters.